The zero-order valence-electron chi connectivity index (χ0n) is 21.0. The van der Waals surface area contributed by atoms with Gasteiger partial charge in [-0.15, -0.1) is 0 Å². The molecule has 1 aromatic heterocycles. The van der Waals surface area contributed by atoms with Crippen molar-refractivity contribution < 1.29 is 14.0 Å². The third-order valence-corrected chi connectivity index (χ3v) is 7.28. The Bertz CT molecular complexity index is 1020. The number of benzene rings is 2. The lowest BCUT2D eigenvalue weighted by Crippen LogP contribution is -2.40. The van der Waals surface area contributed by atoms with E-state index in [1.807, 2.05) is 43.6 Å². The third-order valence-electron chi connectivity index (χ3n) is 7.28. The van der Waals surface area contributed by atoms with E-state index < -0.39 is 5.60 Å². The monoisotopic (exact) mass is 462 g/mol. The van der Waals surface area contributed by atoms with Crippen LogP contribution in [0, 0.1) is 5.92 Å². The van der Waals surface area contributed by atoms with E-state index in [1.54, 1.807) is 0 Å². The molecule has 2 aromatic carbocycles. The molecule has 0 radical (unpaired) electrons. The van der Waals surface area contributed by atoms with Crippen LogP contribution in [0.5, 0.6) is 0 Å². The van der Waals surface area contributed by atoms with Crippen LogP contribution in [0.4, 0.5) is 0 Å². The summed E-state index contributed by atoms with van der Waals surface area (Å²) in [5.74, 6) is 1.40. The van der Waals surface area contributed by atoms with Crippen LogP contribution >= 0.6 is 0 Å². The molecule has 182 valence electrons. The second-order valence-corrected chi connectivity index (χ2v) is 10.5. The molecule has 5 nitrogen and oxygen atoms in total. The summed E-state index contributed by atoms with van der Waals surface area (Å²) in [7, 11) is 6.42. The molecule has 3 aromatic rings. The lowest BCUT2D eigenvalue weighted by Gasteiger charge is -2.36. The molecular formula is C29H40N3O2+. The minimum atomic E-state index is -1.17. The van der Waals surface area contributed by atoms with Crippen molar-refractivity contribution in [3.8, 4) is 0 Å². The maximum atomic E-state index is 12.0. The average molecular weight is 463 g/mol. The van der Waals surface area contributed by atoms with Gasteiger partial charge in [-0.25, -0.2) is 4.98 Å². The van der Waals surface area contributed by atoms with Crippen LogP contribution in [0.2, 0.25) is 0 Å². The lowest BCUT2D eigenvalue weighted by atomic mass is 9.73. The van der Waals surface area contributed by atoms with Crippen LogP contribution in [-0.2, 0) is 25.1 Å². The Labute approximate surface area is 204 Å². The molecule has 0 spiro atoms. The number of nitrogens with zero attached hydrogens (tertiary/aromatic N) is 2. The number of likely N-dealkylation sites (N-methyl/N-ethyl adjacent to an activating group) is 1. The first kappa shape index (κ1) is 24.6. The van der Waals surface area contributed by atoms with E-state index in [-0.39, 0.29) is 5.92 Å². The molecule has 0 aliphatic heterocycles. The van der Waals surface area contributed by atoms with Gasteiger partial charge in [0.2, 0.25) is 5.89 Å². The Balaban J connectivity index is 1.47. The number of oxazole rings is 1. The van der Waals surface area contributed by atoms with E-state index in [9.17, 15) is 5.11 Å². The number of aromatic nitrogens is 1. The minimum Gasteiger partial charge on any atom is -0.436 e. The summed E-state index contributed by atoms with van der Waals surface area (Å²) in [4.78, 5) is 4.64. The predicted octanol–water partition coefficient (Wildman–Crippen LogP) is 5.03. The number of hydrogen-bond acceptors (Lipinski definition) is 4. The van der Waals surface area contributed by atoms with Gasteiger partial charge in [0, 0.05) is 18.9 Å². The summed E-state index contributed by atoms with van der Waals surface area (Å²) in [6, 6.07) is 18.8. The zero-order chi connectivity index (χ0) is 24.0. The van der Waals surface area contributed by atoms with Crippen LogP contribution in [0.25, 0.3) is 0 Å². The average Bonchev–Trinajstić information content (AvgIpc) is 3.32. The van der Waals surface area contributed by atoms with Crippen molar-refractivity contribution in [2.75, 3.05) is 27.7 Å². The van der Waals surface area contributed by atoms with Gasteiger partial charge in [-0.1, -0.05) is 73.9 Å². The Hall–Kier alpha value is -2.47. The van der Waals surface area contributed by atoms with Gasteiger partial charge >= 0.3 is 0 Å². The molecule has 1 aliphatic carbocycles. The first-order chi connectivity index (χ1) is 16.4. The summed E-state index contributed by atoms with van der Waals surface area (Å²) in [5, 5.41) is 15.2. The topological polar surface area (TPSA) is 58.3 Å². The van der Waals surface area contributed by atoms with Crippen molar-refractivity contribution in [3.05, 3.63) is 89.1 Å². The fraction of sp³-hybridized carbons (Fsp3) is 0.483. The molecule has 34 heavy (non-hydrogen) atoms. The first-order valence-corrected chi connectivity index (χ1v) is 12.7. The van der Waals surface area contributed by atoms with Crippen molar-refractivity contribution in [1.82, 2.24) is 10.3 Å². The molecule has 1 saturated carbocycles. The third kappa shape index (κ3) is 5.77. The Kier molecular flexibility index (Phi) is 7.87. The van der Waals surface area contributed by atoms with Gasteiger partial charge in [0.15, 0.2) is 11.4 Å². The van der Waals surface area contributed by atoms with Crippen molar-refractivity contribution in [3.63, 3.8) is 0 Å². The molecule has 1 heterocycles. The maximum absolute atomic E-state index is 12.0. The van der Waals surface area contributed by atoms with Crippen LogP contribution in [-0.4, -0.2) is 42.3 Å². The van der Waals surface area contributed by atoms with E-state index >= 15 is 0 Å². The highest BCUT2D eigenvalue weighted by atomic mass is 16.4. The normalized spacial score (nSPS) is 16.9. The highest BCUT2D eigenvalue weighted by molar-refractivity contribution is 5.30. The summed E-state index contributed by atoms with van der Waals surface area (Å²) in [6.45, 7) is 2.62. The number of nitrogens with one attached hydrogen (secondary N) is 1. The van der Waals surface area contributed by atoms with Crippen LogP contribution in [0.1, 0.15) is 60.4 Å². The van der Waals surface area contributed by atoms with E-state index in [1.165, 1.54) is 17.5 Å². The van der Waals surface area contributed by atoms with Gasteiger partial charge < -0.3 is 19.3 Å². The van der Waals surface area contributed by atoms with Gasteiger partial charge in [0.1, 0.15) is 6.54 Å². The molecule has 0 bridgehead atoms. The molecule has 0 amide bonds. The van der Waals surface area contributed by atoms with E-state index in [2.05, 4.69) is 48.7 Å². The van der Waals surface area contributed by atoms with Crippen molar-refractivity contribution in [2.45, 2.75) is 57.2 Å². The zero-order valence-corrected chi connectivity index (χ0v) is 21.0. The molecule has 0 saturated heterocycles. The summed E-state index contributed by atoms with van der Waals surface area (Å²) >= 11 is 0. The highest BCUT2D eigenvalue weighted by Crippen LogP contribution is 2.43. The smallest absolute Gasteiger partial charge is 0.231 e. The number of quaternary nitrogens is 1. The number of rotatable bonds is 10. The molecule has 4 rings (SSSR count). The fourth-order valence-electron chi connectivity index (χ4n) is 5.26. The van der Waals surface area contributed by atoms with E-state index in [0.29, 0.717) is 5.89 Å². The van der Waals surface area contributed by atoms with E-state index in [0.717, 1.165) is 67.5 Å². The Morgan fingerprint density at radius 3 is 2.35 bits per heavy atom. The molecule has 2 N–H and O–H groups in total. The fourth-order valence-corrected chi connectivity index (χ4v) is 5.26. The SMILES string of the molecule is CNCc1ccc(CC[N+](C)(C)Cc2cnc([C@](O)(c3ccccc3)C3CCCCC3)o2)cc1. The molecule has 1 atom stereocenters. The minimum absolute atomic E-state index is 0.128. The van der Waals surface area contributed by atoms with Crippen LogP contribution in [0.3, 0.4) is 0 Å². The molecule has 1 aliphatic rings. The van der Waals surface area contributed by atoms with E-state index in [4.69, 9.17) is 4.42 Å². The highest BCUT2D eigenvalue weighted by Gasteiger charge is 2.44. The Morgan fingerprint density at radius 2 is 1.68 bits per heavy atom. The van der Waals surface area contributed by atoms with Gasteiger partial charge in [0.25, 0.3) is 0 Å². The number of aliphatic hydroxyl groups is 1. The molecule has 1 fully saturated rings. The summed E-state index contributed by atoms with van der Waals surface area (Å²) < 4.78 is 7.10. The second kappa shape index (κ2) is 10.9. The second-order valence-electron chi connectivity index (χ2n) is 10.5. The summed E-state index contributed by atoms with van der Waals surface area (Å²) in [5.41, 5.74) is 2.36. The summed E-state index contributed by atoms with van der Waals surface area (Å²) in [6.07, 6.45) is 8.35. The molecular weight excluding hydrogens is 422 g/mol. The maximum Gasteiger partial charge on any atom is 0.231 e. The molecule has 0 unspecified atom stereocenters. The molecule has 5 heteroatoms. The van der Waals surface area contributed by atoms with Crippen LogP contribution in [0.15, 0.2) is 65.2 Å². The predicted molar refractivity (Wildman–Crippen MR) is 136 cm³/mol. The quantitative estimate of drug-likeness (QED) is 0.415. The van der Waals surface area contributed by atoms with Crippen molar-refractivity contribution >= 4 is 0 Å². The van der Waals surface area contributed by atoms with Gasteiger partial charge in [-0.05, 0) is 36.6 Å². The lowest BCUT2D eigenvalue weighted by molar-refractivity contribution is -0.904. The van der Waals surface area contributed by atoms with Crippen molar-refractivity contribution in [2.24, 2.45) is 5.92 Å². The van der Waals surface area contributed by atoms with Gasteiger partial charge in [-0.3, -0.25) is 0 Å². The Morgan fingerprint density at radius 1 is 1.00 bits per heavy atom. The number of hydrogen-bond donors (Lipinski definition) is 2. The largest absolute Gasteiger partial charge is 0.436 e. The first-order valence-electron chi connectivity index (χ1n) is 12.7. The van der Waals surface area contributed by atoms with Gasteiger partial charge in [0.05, 0.1) is 26.8 Å². The van der Waals surface area contributed by atoms with Gasteiger partial charge in [-0.2, -0.15) is 0 Å². The van der Waals surface area contributed by atoms with Crippen molar-refractivity contribution in [1.29, 1.82) is 0 Å². The standard InChI is InChI=1S/C29H40N3O2/c1-30-20-24-16-14-23(15-17-24)18-19-32(2,3)22-27-21-31-28(34-27)29(33,25-10-6-4-7-11-25)26-12-8-5-9-13-26/h4,6-7,10-11,14-17,21,26,30,33H,5,8-9,12-13,18-20,22H2,1-3H3/q+1/t29-/m0/s1. The van der Waals surface area contributed by atoms with Crippen LogP contribution < -0.4 is 5.32 Å².